The van der Waals surface area contributed by atoms with Crippen LogP contribution in [0.5, 0.6) is 0 Å². The number of piperazine rings is 1. The van der Waals surface area contributed by atoms with Gasteiger partial charge in [-0.25, -0.2) is 9.59 Å². The van der Waals surface area contributed by atoms with E-state index >= 15 is 0 Å². The fourth-order valence-electron chi connectivity index (χ4n) is 2.98. The fourth-order valence-corrected chi connectivity index (χ4v) is 3.39. The molecule has 0 spiro atoms. The van der Waals surface area contributed by atoms with Crippen molar-refractivity contribution in [3.8, 4) is 0 Å². The number of hydrogen-bond donors (Lipinski definition) is 0. The quantitative estimate of drug-likeness (QED) is 0.646. The maximum absolute atomic E-state index is 12.7. The predicted molar refractivity (Wildman–Crippen MR) is 110 cm³/mol. The van der Waals surface area contributed by atoms with E-state index in [1.807, 2.05) is 30.3 Å². The van der Waals surface area contributed by atoms with Crippen molar-refractivity contribution in [3.05, 3.63) is 35.9 Å². The molecule has 1 saturated heterocycles. The standard InChI is InChI=1S/C20H30N2O7S/c1-15-11-22(18(23)27-13-16-9-7-6-8-10-16)17(14-28-30(5,25)26)12-21(15)19(24)29-20(2,3)4/h6-10,15,17H,11-14H2,1-5H3/t15-,17-/m1/s1. The summed E-state index contributed by atoms with van der Waals surface area (Å²) in [5, 5.41) is 0. The highest BCUT2D eigenvalue weighted by Gasteiger charge is 2.39. The summed E-state index contributed by atoms with van der Waals surface area (Å²) in [4.78, 5) is 28.2. The number of carbonyl (C=O) groups excluding carboxylic acids is 2. The average Bonchev–Trinajstić information content (AvgIpc) is 2.63. The Morgan fingerprint density at radius 2 is 1.70 bits per heavy atom. The highest BCUT2D eigenvalue weighted by atomic mass is 32.2. The Bertz CT molecular complexity index is 836. The van der Waals surface area contributed by atoms with Gasteiger partial charge in [0.1, 0.15) is 12.2 Å². The zero-order valence-electron chi connectivity index (χ0n) is 18.0. The molecule has 1 heterocycles. The number of nitrogens with zero attached hydrogens (tertiary/aromatic N) is 2. The molecule has 0 bridgehead atoms. The van der Waals surface area contributed by atoms with Crippen molar-refractivity contribution >= 4 is 22.3 Å². The molecule has 0 aromatic heterocycles. The second-order valence-corrected chi connectivity index (χ2v) is 9.96. The topological polar surface area (TPSA) is 102 Å². The molecule has 9 nitrogen and oxygen atoms in total. The van der Waals surface area contributed by atoms with Crippen LogP contribution in [0.1, 0.15) is 33.3 Å². The van der Waals surface area contributed by atoms with Gasteiger partial charge in [-0.3, -0.25) is 9.08 Å². The van der Waals surface area contributed by atoms with Crippen LogP contribution in [0, 0.1) is 0 Å². The smallest absolute Gasteiger partial charge is 0.410 e. The summed E-state index contributed by atoms with van der Waals surface area (Å²) in [6, 6.07) is 8.16. The Morgan fingerprint density at radius 1 is 1.07 bits per heavy atom. The maximum Gasteiger partial charge on any atom is 0.410 e. The van der Waals surface area contributed by atoms with Crippen LogP contribution in [-0.2, 0) is 30.4 Å². The minimum absolute atomic E-state index is 0.0615. The van der Waals surface area contributed by atoms with E-state index < -0.39 is 33.9 Å². The van der Waals surface area contributed by atoms with Crippen molar-refractivity contribution < 1.29 is 31.7 Å². The highest BCUT2D eigenvalue weighted by molar-refractivity contribution is 7.85. The normalized spacial score (nSPS) is 20.0. The third-order valence-corrected chi connectivity index (χ3v) is 4.95. The van der Waals surface area contributed by atoms with Gasteiger partial charge in [-0.15, -0.1) is 0 Å². The van der Waals surface area contributed by atoms with Crippen molar-refractivity contribution in [2.45, 2.75) is 52.0 Å². The number of amides is 2. The first-order valence-corrected chi connectivity index (χ1v) is 11.5. The minimum atomic E-state index is -3.72. The number of rotatable bonds is 5. The lowest BCUT2D eigenvalue weighted by molar-refractivity contribution is -0.0202. The van der Waals surface area contributed by atoms with Crippen molar-refractivity contribution in [2.75, 3.05) is 26.0 Å². The van der Waals surface area contributed by atoms with Crippen LogP contribution in [0.15, 0.2) is 30.3 Å². The van der Waals surface area contributed by atoms with Gasteiger partial charge in [0.15, 0.2) is 0 Å². The molecule has 10 heteroatoms. The lowest BCUT2D eigenvalue weighted by Gasteiger charge is -2.44. The lowest BCUT2D eigenvalue weighted by Crippen LogP contribution is -2.62. The minimum Gasteiger partial charge on any atom is -0.445 e. The summed E-state index contributed by atoms with van der Waals surface area (Å²) in [6.07, 6.45) is -0.199. The van der Waals surface area contributed by atoms with Gasteiger partial charge in [-0.05, 0) is 33.3 Å². The zero-order chi connectivity index (χ0) is 22.5. The van der Waals surface area contributed by atoms with E-state index in [9.17, 15) is 18.0 Å². The first-order valence-electron chi connectivity index (χ1n) is 9.67. The molecular formula is C20H30N2O7S. The molecular weight excluding hydrogens is 412 g/mol. The lowest BCUT2D eigenvalue weighted by atomic mass is 10.1. The van der Waals surface area contributed by atoms with Crippen molar-refractivity contribution in [1.82, 2.24) is 9.80 Å². The van der Waals surface area contributed by atoms with Crippen molar-refractivity contribution in [2.24, 2.45) is 0 Å². The Kier molecular flexibility index (Phi) is 7.70. The van der Waals surface area contributed by atoms with Gasteiger partial charge in [-0.2, -0.15) is 8.42 Å². The molecule has 2 rings (SSSR count). The van der Waals surface area contributed by atoms with E-state index in [4.69, 9.17) is 13.7 Å². The van der Waals surface area contributed by atoms with E-state index in [2.05, 4.69) is 0 Å². The van der Waals surface area contributed by atoms with Crippen LogP contribution in [0.25, 0.3) is 0 Å². The van der Waals surface area contributed by atoms with Gasteiger partial charge in [-0.1, -0.05) is 30.3 Å². The van der Waals surface area contributed by atoms with E-state index in [0.717, 1.165) is 11.8 Å². The molecule has 168 valence electrons. The molecule has 0 aliphatic carbocycles. The van der Waals surface area contributed by atoms with Crippen LogP contribution in [0.4, 0.5) is 9.59 Å². The van der Waals surface area contributed by atoms with Crippen LogP contribution in [0.3, 0.4) is 0 Å². The van der Waals surface area contributed by atoms with Crippen molar-refractivity contribution in [3.63, 3.8) is 0 Å². The summed E-state index contributed by atoms with van der Waals surface area (Å²) in [6.45, 7) is 7.09. The number of benzene rings is 1. The fraction of sp³-hybridized carbons (Fsp3) is 0.600. The van der Waals surface area contributed by atoms with E-state index in [1.54, 1.807) is 27.7 Å². The molecule has 1 aliphatic rings. The van der Waals surface area contributed by atoms with E-state index in [0.29, 0.717) is 0 Å². The van der Waals surface area contributed by atoms with E-state index in [-0.39, 0.29) is 32.3 Å². The SMILES string of the molecule is C[C@@H]1CN(C(=O)OCc2ccccc2)[C@@H](COS(C)(=O)=O)CN1C(=O)OC(C)(C)C. The predicted octanol–water partition coefficient (Wildman–Crippen LogP) is 2.61. The van der Waals surface area contributed by atoms with Crippen molar-refractivity contribution in [1.29, 1.82) is 0 Å². The summed E-state index contributed by atoms with van der Waals surface area (Å²) in [7, 11) is -3.72. The molecule has 2 atom stereocenters. The number of hydrogen-bond acceptors (Lipinski definition) is 7. The molecule has 2 amide bonds. The largest absolute Gasteiger partial charge is 0.445 e. The Hall–Kier alpha value is -2.33. The average molecular weight is 443 g/mol. The summed E-state index contributed by atoms with van der Waals surface area (Å²) in [5.41, 5.74) is 0.150. The monoisotopic (exact) mass is 442 g/mol. The third kappa shape index (κ3) is 7.49. The third-order valence-electron chi connectivity index (χ3n) is 4.38. The van der Waals surface area contributed by atoms with Gasteiger partial charge in [0, 0.05) is 13.1 Å². The highest BCUT2D eigenvalue weighted by Crippen LogP contribution is 2.21. The first kappa shape index (κ1) is 23.9. The van der Waals surface area contributed by atoms with E-state index in [1.165, 1.54) is 9.80 Å². The molecule has 1 aliphatic heterocycles. The van der Waals surface area contributed by atoms with Crippen LogP contribution >= 0.6 is 0 Å². The summed E-state index contributed by atoms with van der Waals surface area (Å²) < 4.78 is 38.7. The Balaban J connectivity index is 2.12. The number of carbonyl (C=O) groups is 2. The Morgan fingerprint density at radius 3 is 2.27 bits per heavy atom. The maximum atomic E-state index is 12.7. The first-order chi connectivity index (χ1) is 13.9. The van der Waals surface area contributed by atoms with Crippen LogP contribution < -0.4 is 0 Å². The van der Waals surface area contributed by atoms with Gasteiger partial charge < -0.3 is 14.4 Å². The second kappa shape index (κ2) is 9.65. The molecule has 1 aromatic carbocycles. The van der Waals surface area contributed by atoms with Crippen LogP contribution in [-0.4, -0.2) is 74.0 Å². The molecule has 0 radical (unpaired) electrons. The summed E-state index contributed by atoms with van der Waals surface area (Å²) in [5.74, 6) is 0. The summed E-state index contributed by atoms with van der Waals surface area (Å²) >= 11 is 0. The van der Waals surface area contributed by atoms with Gasteiger partial charge >= 0.3 is 12.2 Å². The zero-order valence-corrected chi connectivity index (χ0v) is 18.8. The molecule has 0 saturated carbocycles. The Labute approximate surface area is 178 Å². The van der Waals surface area contributed by atoms with Gasteiger partial charge in [0.25, 0.3) is 10.1 Å². The van der Waals surface area contributed by atoms with Gasteiger partial charge in [0.2, 0.25) is 0 Å². The molecule has 30 heavy (non-hydrogen) atoms. The number of ether oxygens (including phenoxy) is 2. The second-order valence-electron chi connectivity index (χ2n) is 8.32. The molecule has 1 fully saturated rings. The molecule has 0 N–H and O–H groups in total. The molecule has 1 aromatic rings. The molecule has 0 unspecified atom stereocenters. The van der Waals surface area contributed by atoms with Gasteiger partial charge in [0.05, 0.1) is 24.9 Å². The van der Waals surface area contributed by atoms with Crippen LogP contribution in [0.2, 0.25) is 0 Å².